The summed E-state index contributed by atoms with van der Waals surface area (Å²) in [7, 11) is 0. The number of anilines is 2. The Labute approximate surface area is 304 Å². The summed E-state index contributed by atoms with van der Waals surface area (Å²) in [6, 6.07) is 14.1. The first-order valence-electron chi connectivity index (χ1n) is 16.6. The van der Waals surface area contributed by atoms with Crippen molar-refractivity contribution in [3.8, 4) is 0 Å². The van der Waals surface area contributed by atoms with Crippen molar-refractivity contribution < 1.29 is 4.39 Å². The summed E-state index contributed by atoms with van der Waals surface area (Å²) in [6.45, 7) is 3.34. The van der Waals surface area contributed by atoms with E-state index in [0.717, 1.165) is 103 Å². The third kappa shape index (κ3) is 7.52. The highest BCUT2D eigenvalue weighted by atomic mass is 35.5. The summed E-state index contributed by atoms with van der Waals surface area (Å²) < 4.78 is 13.2. The summed E-state index contributed by atoms with van der Waals surface area (Å²) >= 11 is 18.5. The minimum absolute atomic E-state index is 0.266. The molecular formula is C36H38Cl3FN10. The Balaban J connectivity index is 0.000000157. The van der Waals surface area contributed by atoms with Crippen LogP contribution >= 0.6 is 34.8 Å². The van der Waals surface area contributed by atoms with Gasteiger partial charge in [-0.2, -0.15) is 0 Å². The van der Waals surface area contributed by atoms with Gasteiger partial charge >= 0.3 is 0 Å². The molecule has 4 aromatic heterocycles. The van der Waals surface area contributed by atoms with Crippen LogP contribution in [-0.2, 0) is 12.8 Å². The molecule has 0 atom stereocenters. The number of nitrogens with zero attached hydrogens (tertiary/aromatic N) is 6. The lowest BCUT2D eigenvalue weighted by Gasteiger charge is -2.40. The molecule has 0 amide bonds. The minimum Gasteiger partial charge on any atom is -0.356 e. The topological polar surface area (TPSA) is 142 Å². The number of nitrogens with two attached hydrogens (primary N) is 2. The fraction of sp³-hybridized carbons (Fsp3) is 0.333. The molecule has 2 aromatic carbocycles. The number of H-pyrrole nitrogens is 2. The van der Waals surface area contributed by atoms with Gasteiger partial charge in [-0.15, -0.1) is 0 Å². The first-order valence-corrected chi connectivity index (χ1v) is 17.7. The van der Waals surface area contributed by atoms with Crippen LogP contribution in [-0.4, -0.2) is 67.2 Å². The molecular weight excluding hydrogens is 698 g/mol. The van der Waals surface area contributed by atoms with E-state index >= 15 is 0 Å². The van der Waals surface area contributed by atoms with Gasteiger partial charge in [0.05, 0.1) is 10.8 Å². The number of aromatic nitrogens is 6. The van der Waals surface area contributed by atoms with Crippen molar-refractivity contribution in [3.63, 3.8) is 0 Å². The van der Waals surface area contributed by atoms with Gasteiger partial charge in [-0.05, 0) is 86.1 Å². The van der Waals surface area contributed by atoms with Crippen molar-refractivity contribution in [2.45, 2.75) is 49.6 Å². The van der Waals surface area contributed by atoms with Gasteiger partial charge in [0.1, 0.15) is 41.4 Å². The number of fused-ring (bicyclic) bond motifs is 2. The Bertz CT molecular complexity index is 1950. The molecule has 6 heterocycles. The number of nitrogens with one attached hydrogen (secondary N) is 2. The number of piperidine rings is 2. The Morgan fingerprint density at radius 2 is 1.10 bits per heavy atom. The van der Waals surface area contributed by atoms with Crippen LogP contribution in [0, 0.1) is 5.82 Å². The van der Waals surface area contributed by atoms with E-state index in [1.807, 2.05) is 36.7 Å². The van der Waals surface area contributed by atoms with Crippen LogP contribution in [0.3, 0.4) is 0 Å². The smallest absolute Gasteiger partial charge is 0.142 e. The van der Waals surface area contributed by atoms with Crippen LogP contribution in [0.15, 0.2) is 73.6 Å². The maximum absolute atomic E-state index is 13.2. The Morgan fingerprint density at radius 1 is 0.640 bits per heavy atom. The molecule has 6 aromatic rings. The number of hydrogen-bond acceptors (Lipinski definition) is 8. The van der Waals surface area contributed by atoms with E-state index in [-0.39, 0.29) is 16.9 Å². The van der Waals surface area contributed by atoms with Crippen LogP contribution < -0.4 is 21.3 Å². The van der Waals surface area contributed by atoms with Gasteiger partial charge in [-0.1, -0.05) is 46.9 Å². The maximum atomic E-state index is 13.2. The molecule has 0 radical (unpaired) electrons. The number of hydrogen-bond donors (Lipinski definition) is 4. The molecule has 14 heteroatoms. The predicted molar refractivity (Wildman–Crippen MR) is 200 cm³/mol. The lowest BCUT2D eigenvalue weighted by Crippen LogP contribution is -2.52. The molecule has 6 N–H and O–H groups in total. The zero-order chi connectivity index (χ0) is 34.9. The molecule has 2 aliphatic heterocycles. The van der Waals surface area contributed by atoms with E-state index in [9.17, 15) is 4.39 Å². The van der Waals surface area contributed by atoms with E-state index < -0.39 is 0 Å². The molecule has 2 saturated heterocycles. The molecule has 2 fully saturated rings. The lowest BCUT2D eigenvalue weighted by atomic mass is 9.83. The molecule has 50 heavy (non-hydrogen) atoms. The number of aromatic amines is 2. The largest absolute Gasteiger partial charge is 0.356 e. The first kappa shape index (κ1) is 34.4. The Morgan fingerprint density at radius 3 is 1.56 bits per heavy atom. The van der Waals surface area contributed by atoms with Crippen LogP contribution in [0.5, 0.6) is 0 Å². The molecule has 0 spiro atoms. The molecule has 2 aliphatic rings. The first-order chi connectivity index (χ1) is 24.1. The molecule has 0 bridgehead atoms. The number of halogens is 4. The van der Waals surface area contributed by atoms with E-state index in [1.54, 1.807) is 24.8 Å². The SMILES string of the molecule is NC1(Cc2ccc(Cl)cc2Cl)CCN(c2ncnc3[nH]ccc23)CC1.NC1(Cc2ccc(F)cc2Cl)CCN(c2ncnc3[nH]ccc23)CC1. The second kappa shape index (κ2) is 14.3. The van der Waals surface area contributed by atoms with Gasteiger partial charge in [-0.25, -0.2) is 24.3 Å². The van der Waals surface area contributed by atoms with Gasteiger partial charge in [-0.3, -0.25) is 0 Å². The third-order valence-corrected chi connectivity index (χ3v) is 10.8. The Hall–Kier alpha value is -4.00. The fourth-order valence-corrected chi connectivity index (χ4v) is 7.70. The summed E-state index contributed by atoms with van der Waals surface area (Å²) in [5.41, 5.74) is 16.3. The van der Waals surface area contributed by atoms with Gasteiger partial charge in [0, 0.05) is 64.7 Å². The zero-order valence-corrected chi connectivity index (χ0v) is 29.6. The second-order valence-electron chi connectivity index (χ2n) is 13.4. The lowest BCUT2D eigenvalue weighted by molar-refractivity contribution is 0.330. The van der Waals surface area contributed by atoms with Crippen molar-refractivity contribution >= 4 is 68.5 Å². The van der Waals surface area contributed by atoms with Gasteiger partial charge in [0.15, 0.2) is 0 Å². The van der Waals surface area contributed by atoms with Gasteiger partial charge in [0.25, 0.3) is 0 Å². The van der Waals surface area contributed by atoms with Crippen molar-refractivity contribution in [2.75, 3.05) is 36.0 Å². The van der Waals surface area contributed by atoms with Crippen molar-refractivity contribution in [1.82, 2.24) is 29.9 Å². The van der Waals surface area contributed by atoms with Crippen LogP contribution in [0.25, 0.3) is 22.1 Å². The molecule has 0 unspecified atom stereocenters. The van der Waals surface area contributed by atoms with Crippen LogP contribution in [0.2, 0.25) is 15.1 Å². The van der Waals surface area contributed by atoms with Crippen molar-refractivity contribution in [2.24, 2.45) is 11.5 Å². The van der Waals surface area contributed by atoms with E-state index in [0.29, 0.717) is 21.5 Å². The highest BCUT2D eigenvalue weighted by Crippen LogP contribution is 2.33. The second-order valence-corrected chi connectivity index (χ2v) is 14.6. The number of benzene rings is 2. The molecule has 8 rings (SSSR count). The van der Waals surface area contributed by atoms with Gasteiger partial charge in [0.2, 0.25) is 0 Å². The highest BCUT2D eigenvalue weighted by Gasteiger charge is 2.34. The molecule has 260 valence electrons. The van der Waals surface area contributed by atoms with Crippen LogP contribution in [0.1, 0.15) is 36.8 Å². The highest BCUT2D eigenvalue weighted by molar-refractivity contribution is 6.35. The van der Waals surface area contributed by atoms with Gasteiger partial charge < -0.3 is 31.2 Å². The van der Waals surface area contributed by atoms with E-state index in [1.165, 1.54) is 12.1 Å². The number of rotatable bonds is 6. The normalized spacial score (nSPS) is 17.2. The molecule has 0 aliphatic carbocycles. The third-order valence-electron chi connectivity index (χ3n) is 9.90. The van der Waals surface area contributed by atoms with Crippen LogP contribution in [0.4, 0.5) is 16.0 Å². The average molecular weight is 736 g/mol. The average Bonchev–Trinajstić information content (AvgIpc) is 3.79. The zero-order valence-electron chi connectivity index (χ0n) is 27.3. The summed E-state index contributed by atoms with van der Waals surface area (Å²) in [6.07, 6.45) is 11.7. The standard InChI is InChI=1S/C18H19Cl2N5.C18H19ClFN5/c19-13-2-1-12(15(20)9-13)10-18(21)4-7-25(8-5-18)17-14-3-6-22-16(14)23-11-24-17;19-15-9-13(20)2-1-12(15)10-18(21)4-7-25(8-5-18)17-14-3-6-22-16(14)23-11-24-17/h2*1-3,6,9,11H,4-5,7-8,10,21H2,(H,22,23,24). The quantitative estimate of drug-likeness (QED) is 0.142. The Kier molecular flexibility index (Phi) is 9.87. The summed E-state index contributed by atoms with van der Waals surface area (Å²) in [5.74, 6) is 1.58. The fourth-order valence-electron chi connectivity index (χ4n) is 6.99. The predicted octanol–water partition coefficient (Wildman–Crippen LogP) is 7.10. The summed E-state index contributed by atoms with van der Waals surface area (Å²) in [5, 5.41) is 3.84. The van der Waals surface area contributed by atoms with E-state index in [4.69, 9.17) is 46.3 Å². The monoisotopic (exact) mass is 734 g/mol. The van der Waals surface area contributed by atoms with Crippen molar-refractivity contribution in [1.29, 1.82) is 0 Å². The minimum atomic E-state index is -0.345. The summed E-state index contributed by atoms with van der Waals surface area (Å²) in [4.78, 5) is 28.2. The molecule has 0 saturated carbocycles. The maximum Gasteiger partial charge on any atom is 0.142 e. The molecule has 10 nitrogen and oxygen atoms in total. The van der Waals surface area contributed by atoms with Crippen molar-refractivity contribution in [3.05, 3.63) is 106 Å². The van der Waals surface area contributed by atoms with E-state index in [2.05, 4.69) is 39.7 Å².